The van der Waals surface area contributed by atoms with Gasteiger partial charge in [0.15, 0.2) is 0 Å². The number of phenolic OH excluding ortho intramolecular Hbond substituents is 1. The number of methoxy groups -OCH3 is 1. The molecule has 5 rings (SSSR count). The van der Waals surface area contributed by atoms with Gasteiger partial charge in [-0.25, -0.2) is 15.0 Å². The van der Waals surface area contributed by atoms with Crippen molar-refractivity contribution in [3.63, 3.8) is 0 Å². The van der Waals surface area contributed by atoms with E-state index in [-0.39, 0.29) is 11.7 Å². The van der Waals surface area contributed by atoms with Crippen molar-refractivity contribution in [1.82, 2.24) is 25.3 Å². The van der Waals surface area contributed by atoms with Crippen molar-refractivity contribution >= 4 is 28.3 Å². The Kier molecular flexibility index (Phi) is 6.64. The molecular weight excluding hydrogens is 474 g/mol. The number of aromatic amines is 1. The lowest BCUT2D eigenvalue weighted by Gasteiger charge is -2.09. The fourth-order valence-electron chi connectivity index (χ4n) is 4.06. The number of carbonyl (C=O) groups excluding carboxylic acids is 1. The molecule has 0 aliphatic heterocycles. The fraction of sp³-hybridized carbons (Fsp3) is 0.185. The topological polar surface area (TPSA) is 113 Å². The Balaban J connectivity index is 1.34. The lowest BCUT2D eigenvalue weighted by atomic mass is 10.0. The average molecular weight is 500 g/mol. The number of imidazole rings is 1. The highest BCUT2D eigenvalue weighted by Crippen LogP contribution is 2.35. The summed E-state index contributed by atoms with van der Waals surface area (Å²) in [5, 5.41) is 13.5. The van der Waals surface area contributed by atoms with E-state index in [1.54, 1.807) is 55.0 Å². The lowest BCUT2D eigenvalue weighted by Crippen LogP contribution is -2.24. The Morgan fingerprint density at radius 2 is 2.03 bits per heavy atom. The molecule has 36 heavy (non-hydrogen) atoms. The predicted octanol–water partition coefficient (Wildman–Crippen LogP) is 5.13. The average Bonchev–Trinajstić information content (AvgIpc) is 3.52. The number of hydrogen-bond donors (Lipinski definition) is 3. The number of amides is 1. The van der Waals surface area contributed by atoms with Gasteiger partial charge in [-0.15, -0.1) is 11.3 Å². The van der Waals surface area contributed by atoms with Gasteiger partial charge in [0, 0.05) is 28.7 Å². The van der Waals surface area contributed by atoms with Gasteiger partial charge in [0.25, 0.3) is 5.91 Å². The lowest BCUT2D eigenvalue weighted by molar-refractivity contribution is 0.0953. The molecule has 0 fully saturated rings. The summed E-state index contributed by atoms with van der Waals surface area (Å²) in [6.45, 7) is 2.59. The highest BCUT2D eigenvalue weighted by atomic mass is 32.1. The summed E-state index contributed by atoms with van der Waals surface area (Å²) in [4.78, 5) is 30.3. The number of rotatable bonds is 8. The van der Waals surface area contributed by atoms with Crippen LogP contribution in [0.1, 0.15) is 27.3 Å². The molecular formula is C27H25N5O3S. The van der Waals surface area contributed by atoms with Crippen molar-refractivity contribution in [3.8, 4) is 34.1 Å². The van der Waals surface area contributed by atoms with Crippen LogP contribution in [-0.4, -0.2) is 44.6 Å². The van der Waals surface area contributed by atoms with Crippen LogP contribution in [-0.2, 0) is 6.42 Å². The SMILES string of the molecule is COc1ncccc1-c1ccc(O)c(-c2nc3ccc(C(=O)NCCCc4scnc4C)cc3[nH]2)c1. The maximum atomic E-state index is 12.7. The van der Waals surface area contributed by atoms with Crippen molar-refractivity contribution in [3.05, 3.63) is 76.4 Å². The summed E-state index contributed by atoms with van der Waals surface area (Å²) in [6, 6.07) is 14.3. The minimum Gasteiger partial charge on any atom is -0.507 e. The number of nitrogens with zero attached hydrogens (tertiary/aromatic N) is 3. The number of aryl methyl sites for hydroxylation is 2. The number of nitrogens with one attached hydrogen (secondary N) is 2. The predicted molar refractivity (Wildman–Crippen MR) is 140 cm³/mol. The number of benzene rings is 2. The molecule has 9 heteroatoms. The van der Waals surface area contributed by atoms with E-state index >= 15 is 0 Å². The van der Waals surface area contributed by atoms with Gasteiger partial charge in [-0.1, -0.05) is 6.07 Å². The monoisotopic (exact) mass is 499 g/mol. The minimum atomic E-state index is -0.136. The maximum Gasteiger partial charge on any atom is 0.251 e. The zero-order valence-electron chi connectivity index (χ0n) is 19.9. The molecule has 1 amide bonds. The molecule has 2 aromatic carbocycles. The van der Waals surface area contributed by atoms with Gasteiger partial charge in [-0.05, 0) is 67.8 Å². The number of aromatic hydroxyl groups is 1. The van der Waals surface area contributed by atoms with E-state index in [0.29, 0.717) is 40.4 Å². The molecule has 8 nitrogen and oxygen atoms in total. The van der Waals surface area contributed by atoms with Crippen molar-refractivity contribution in [1.29, 1.82) is 0 Å². The van der Waals surface area contributed by atoms with Gasteiger partial charge in [0.2, 0.25) is 5.88 Å². The van der Waals surface area contributed by atoms with Gasteiger partial charge in [0.05, 0.1) is 34.9 Å². The highest BCUT2D eigenvalue weighted by Gasteiger charge is 2.15. The molecule has 0 aliphatic carbocycles. The van der Waals surface area contributed by atoms with E-state index in [0.717, 1.165) is 29.7 Å². The maximum absolute atomic E-state index is 12.7. The number of phenols is 1. The minimum absolute atomic E-state index is 0.0924. The number of fused-ring (bicyclic) bond motifs is 1. The number of H-pyrrole nitrogens is 1. The van der Waals surface area contributed by atoms with Crippen LogP contribution in [0.3, 0.4) is 0 Å². The zero-order valence-corrected chi connectivity index (χ0v) is 20.7. The molecule has 0 saturated heterocycles. The van der Waals surface area contributed by atoms with E-state index in [1.165, 1.54) is 4.88 Å². The first-order valence-electron chi connectivity index (χ1n) is 11.5. The van der Waals surface area contributed by atoms with E-state index in [4.69, 9.17) is 4.74 Å². The number of ether oxygens (including phenoxy) is 1. The van der Waals surface area contributed by atoms with Crippen molar-refractivity contribution < 1.29 is 14.6 Å². The molecule has 0 saturated carbocycles. The van der Waals surface area contributed by atoms with Crippen molar-refractivity contribution in [2.45, 2.75) is 19.8 Å². The first kappa shape index (κ1) is 23.5. The summed E-state index contributed by atoms with van der Waals surface area (Å²) in [7, 11) is 1.57. The van der Waals surface area contributed by atoms with Crippen LogP contribution >= 0.6 is 11.3 Å². The van der Waals surface area contributed by atoms with Gasteiger partial charge in [-0.3, -0.25) is 4.79 Å². The Morgan fingerprint density at radius 3 is 2.83 bits per heavy atom. The largest absolute Gasteiger partial charge is 0.507 e. The third-order valence-electron chi connectivity index (χ3n) is 5.98. The van der Waals surface area contributed by atoms with Crippen LogP contribution in [0, 0.1) is 6.92 Å². The van der Waals surface area contributed by atoms with Crippen LogP contribution in [0.2, 0.25) is 0 Å². The molecule has 3 N–H and O–H groups in total. The second-order valence-electron chi connectivity index (χ2n) is 8.33. The number of thiazole rings is 1. The van der Waals surface area contributed by atoms with Crippen LogP contribution in [0.4, 0.5) is 0 Å². The van der Waals surface area contributed by atoms with Crippen molar-refractivity contribution in [2.24, 2.45) is 0 Å². The van der Waals surface area contributed by atoms with Gasteiger partial charge < -0.3 is 20.1 Å². The number of carbonyl (C=O) groups is 1. The molecule has 3 heterocycles. The molecule has 3 aromatic heterocycles. The fourth-order valence-corrected chi connectivity index (χ4v) is 4.89. The molecule has 0 aliphatic rings. The molecule has 0 spiro atoms. The third kappa shape index (κ3) is 4.78. The van der Waals surface area contributed by atoms with Crippen LogP contribution < -0.4 is 10.1 Å². The highest BCUT2D eigenvalue weighted by molar-refractivity contribution is 7.09. The number of hydrogen-bond acceptors (Lipinski definition) is 7. The standard InChI is InChI=1S/C27H25N5O3S/c1-16-24(36-15-30-16)6-4-11-28-26(34)18-7-9-21-22(14-18)32-25(31-21)20-13-17(8-10-23(20)33)19-5-3-12-29-27(19)35-2/h3,5,7-10,12-15,33H,4,6,11H2,1-2H3,(H,28,34)(H,31,32). The zero-order chi connectivity index (χ0) is 25.1. The number of aromatic nitrogens is 4. The van der Waals surface area contributed by atoms with Crippen LogP contribution in [0.15, 0.2) is 60.2 Å². The second-order valence-corrected chi connectivity index (χ2v) is 9.27. The second kappa shape index (κ2) is 10.2. The Labute approximate surface area is 212 Å². The Hall–Kier alpha value is -4.24. The van der Waals surface area contributed by atoms with E-state index in [1.807, 2.05) is 30.6 Å². The van der Waals surface area contributed by atoms with E-state index in [9.17, 15) is 9.90 Å². The summed E-state index contributed by atoms with van der Waals surface area (Å²) in [5.41, 5.74) is 7.05. The quantitative estimate of drug-likeness (QED) is 0.255. The molecule has 0 radical (unpaired) electrons. The summed E-state index contributed by atoms with van der Waals surface area (Å²) < 4.78 is 5.38. The molecule has 182 valence electrons. The summed E-state index contributed by atoms with van der Waals surface area (Å²) in [5.74, 6) is 0.957. The Bertz CT molecular complexity index is 1540. The molecule has 0 unspecified atom stereocenters. The van der Waals surface area contributed by atoms with E-state index < -0.39 is 0 Å². The normalized spacial score (nSPS) is 11.1. The smallest absolute Gasteiger partial charge is 0.251 e. The van der Waals surface area contributed by atoms with Gasteiger partial charge >= 0.3 is 0 Å². The molecule has 0 bridgehead atoms. The third-order valence-corrected chi connectivity index (χ3v) is 6.98. The van der Waals surface area contributed by atoms with E-state index in [2.05, 4.69) is 25.3 Å². The van der Waals surface area contributed by atoms with Crippen LogP contribution in [0.5, 0.6) is 11.6 Å². The summed E-state index contributed by atoms with van der Waals surface area (Å²) in [6.07, 6.45) is 3.41. The molecule has 5 aromatic rings. The van der Waals surface area contributed by atoms with Crippen LogP contribution in [0.25, 0.3) is 33.5 Å². The molecule has 0 atom stereocenters. The number of pyridine rings is 1. The first-order valence-corrected chi connectivity index (χ1v) is 12.4. The first-order chi connectivity index (χ1) is 17.5. The Morgan fingerprint density at radius 1 is 1.14 bits per heavy atom. The van der Waals surface area contributed by atoms with Gasteiger partial charge in [-0.2, -0.15) is 0 Å². The van der Waals surface area contributed by atoms with Gasteiger partial charge in [0.1, 0.15) is 11.6 Å². The van der Waals surface area contributed by atoms with Crippen molar-refractivity contribution in [2.75, 3.05) is 13.7 Å². The summed E-state index contributed by atoms with van der Waals surface area (Å²) >= 11 is 1.65.